The number of fused-ring (bicyclic) bond motifs is 1. The second-order valence-corrected chi connectivity index (χ2v) is 5.01. The predicted molar refractivity (Wildman–Crippen MR) is 84.8 cm³/mol. The summed E-state index contributed by atoms with van der Waals surface area (Å²) in [5.41, 5.74) is 2.53. The SMILES string of the molecule is CCC(Nc1cccc2cccnc12)c1ccccc1F. The number of aromatic nitrogens is 1. The smallest absolute Gasteiger partial charge is 0.128 e. The molecule has 0 amide bonds. The van der Waals surface area contributed by atoms with Crippen molar-refractivity contribution in [2.75, 3.05) is 5.32 Å². The standard InChI is InChI=1S/C18H17FN2/c1-2-16(14-9-3-4-10-15(14)19)21-17-11-5-7-13-8-6-12-20-18(13)17/h3-12,16,21H,2H2,1H3. The first-order valence-corrected chi connectivity index (χ1v) is 7.14. The number of nitrogens with one attached hydrogen (secondary N) is 1. The quantitative estimate of drug-likeness (QED) is 0.732. The lowest BCUT2D eigenvalue weighted by Crippen LogP contribution is -2.11. The van der Waals surface area contributed by atoms with E-state index in [0.717, 1.165) is 23.0 Å². The van der Waals surface area contributed by atoms with Crippen LogP contribution in [0.5, 0.6) is 0 Å². The summed E-state index contributed by atoms with van der Waals surface area (Å²) in [5.74, 6) is -0.176. The average Bonchev–Trinajstić information content (AvgIpc) is 2.53. The van der Waals surface area contributed by atoms with Crippen molar-refractivity contribution in [1.82, 2.24) is 4.98 Å². The number of para-hydroxylation sites is 1. The number of rotatable bonds is 4. The van der Waals surface area contributed by atoms with Gasteiger partial charge in [-0.05, 0) is 24.6 Å². The molecule has 0 bridgehead atoms. The van der Waals surface area contributed by atoms with Crippen LogP contribution in [0.3, 0.4) is 0 Å². The number of benzene rings is 2. The molecule has 1 atom stereocenters. The number of pyridine rings is 1. The lowest BCUT2D eigenvalue weighted by molar-refractivity contribution is 0.587. The Bertz CT molecular complexity index is 750. The molecule has 0 saturated carbocycles. The van der Waals surface area contributed by atoms with E-state index in [1.54, 1.807) is 12.3 Å². The molecule has 0 fully saturated rings. The van der Waals surface area contributed by atoms with Gasteiger partial charge in [0, 0.05) is 17.1 Å². The van der Waals surface area contributed by atoms with E-state index in [4.69, 9.17) is 0 Å². The highest BCUT2D eigenvalue weighted by molar-refractivity contribution is 5.90. The molecule has 2 aromatic carbocycles. The van der Waals surface area contributed by atoms with Crippen LogP contribution in [-0.2, 0) is 0 Å². The second-order valence-electron chi connectivity index (χ2n) is 5.01. The van der Waals surface area contributed by atoms with Gasteiger partial charge in [0.15, 0.2) is 0 Å². The number of halogens is 1. The van der Waals surface area contributed by atoms with Gasteiger partial charge in [0.25, 0.3) is 0 Å². The molecule has 2 nitrogen and oxygen atoms in total. The Morgan fingerprint density at radius 1 is 1.05 bits per heavy atom. The molecule has 3 aromatic rings. The molecular weight excluding hydrogens is 263 g/mol. The van der Waals surface area contributed by atoms with E-state index in [1.807, 2.05) is 49.4 Å². The zero-order valence-corrected chi connectivity index (χ0v) is 11.9. The molecule has 106 valence electrons. The molecule has 0 aliphatic rings. The van der Waals surface area contributed by atoms with E-state index < -0.39 is 0 Å². The largest absolute Gasteiger partial charge is 0.376 e. The van der Waals surface area contributed by atoms with E-state index in [0.29, 0.717) is 5.56 Å². The van der Waals surface area contributed by atoms with Gasteiger partial charge in [0.05, 0.1) is 17.2 Å². The van der Waals surface area contributed by atoms with Crippen molar-refractivity contribution in [2.45, 2.75) is 19.4 Å². The second kappa shape index (κ2) is 5.92. The Hall–Kier alpha value is -2.42. The third-order valence-electron chi connectivity index (χ3n) is 3.65. The highest BCUT2D eigenvalue weighted by Gasteiger charge is 2.14. The van der Waals surface area contributed by atoms with E-state index in [9.17, 15) is 4.39 Å². The molecule has 1 heterocycles. The summed E-state index contributed by atoms with van der Waals surface area (Å²) < 4.78 is 14.0. The van der Waals surface area contributed by atoms with Crippen LogP contribution in [0.2, 0.25) is 0 Å². The fraction of sp³-hybridized carbons (Fsp3) is 0.167. The fourth-order valence-corrected chi connectivity index (χ4v) is 2.57. The van der Waals surface area contributed by atoms with Gasteiger partial charge in [0.2, 0.25) is 0 Å². The van der Waals surface area contributed by atoms with Gasteiger partial charge in [-0.15, -0.1) is 0 Å². The number of hydrogen-bond donors (Lipinski definition) is 1. The highest BCUT2D eigenvalue weighted by atomic mass is 19.1. The first-order chi connectivity index (χ1) is 10.3. The minimum atomic E-state index is -0.176. The average molecular weight is 280 g/mol. The van der Waals surface area contributed by atoms with Crippen LogP contribution in [0.15, 0.2) is 60.8 Å². The fourth-order valence-electron chi connectivity index (χ4n) is 2.57. The summed E-state index contributed by atoms with van der Waals surface area (Å²) in [7, 11) is 0. The molecule has 0 aliphatic carbocycles. The van der Waals surface area contributed by atoms with Crippen molar-refractivity contribution in [3.05, 3.63) is 72.2 Å². The normalized spacial score (nSPS) is 12.3. The summed E-state index contributed by atoms with van der Waals surface area (Å²) in [6.07, 6.45) is 2.57. The molecule has 0 aliphatic heterocycles. The molecule has 0 saturated heterocycles. The maximum Gasteiger partial charge on any atom is 0.128 e. The lowest BCUT2D eigenvalue weighted by atomic mass is 10.0. The van der Waals surface area contributed by atoms with Gasteiger partial charge < -0.3 is 5.32 Å². The van der Waals surface area contributed by atoms with Crippen LogP contribution in [0.25, 0.3) is 10.9 Å². The van der Waals surface area contributed by atoms with Crippen LogP contribution in [-0.4, -0.2) is 4.98 Å². The van der Waals surface area contributed by atoms with Gasteiger partial charge in [0.1, 0.15) is 5.82 Å². The van der Waals surface area contributed by atoms with Gasteiger partial charge in [-0.25, -0.2) is 4.39 Å². The lowest BCUT2D eigenvalue weighted by Gasteiger charge is -2.20. The van der Waals surface area contributed by atoms with Crippen LogP contribution >= 0.6 is 0 Å². The van der Waals surface area contributed by atoms with E-state index in [2.05, 4.69) is 10.3 Å². The Kier molecular flexibility index (Phi) is 3.82. The van der Waals surface area contributed by atoms with Crippen LogP contribution in [0.4, 0.5) is 10.1 Å². The van der Waals surface area contributed by atoms with Crippen LogP contribution in [0.1, 0.15) is 24.9 Å². The first kappa shape index (κ1) is 13.6. The minimum Gasteiger partial charge on any atom is -0.376 e. The maximum absolute atomic E-state index is 14.0. The van der Waals surface area contributed by atoms with E-state index in [-0.39, 0.29) is 11.9 Å². The molecule has 0 spiro atoms. The third-order valence-corrected chi connectivity index (χ3v) is 3.65. The van der Waals surface area contributed by atoms with Crippen molar-refractivity contribution < 1.29 is 4.39 Å². The number of anilines is 1. The van der Waals surface area contributed by atoms with E-state index >= 15 is 0 Å². The predicted octanol–water partition coefficient (Wildman–Crippen LogP) is 4.94. The van der Waals surface area contributed by atoms with Gasteiger partial charge in [-0.1, -0.05) is 43.3 Å². The summed E-state index contributed by atoms with van der Waals surface area (Å²) >= 11 is 0. The van der Waals surface area contributed by atoms with E-state index in [1.165, 1.54) is 6.07 Å². The molecular formula is C18H17FN2. The Morgan fingerprint density at radius 3 is 2.67 bits per heavy atom. The Balaban J connectivity index is 1.98. The molecule has 1 aromatic heterocycles. The van der Waals surface area contributed by atoms with Gasteiger partial charge in [-0.2, -0.15) is 0 Å². The van der Waals surface area contributed by atoms with Gasteiger partial charge in [-0.3, -0.25) is 4.98 Å². The number of nitrogens with zero attached hydrogens (tertiary/aromatic N) is 1. The minimum absolute atomic E-state index is 0.0705. The zero-order valence-electron chi connectivity index (χ0n) is 11.9. The molecule has 21 heavy (non-hydrogen) atoms. The molecule has 3 heteroatoms. The maximum atomic E-state index is 14.0. The van der Waals surface area contributed by atoms with Crippen LogP contribution < -0.4 is 5.32 Å². The van der Waals surface area contributed by atoms with Crippen molar-refractivity contribution in [3.63, 3.8) is 0 Å². The van der Waals surface area contributed by atoms with Gasteiger partial charge >= 0.3 is 0 Å². The summed E-state index contributed by atoms with van der Waals surface area (Å²) in [6, 6.07) is 16.8. The molecule has 0 radical (unpaired) electrons. The zero-order chi connectivity index (χ0) is 14.7. The number of hydrogen-bond acceptors (Lipinski definition) is 2. The van der Waals surface area contributed by atoms with Crippen molar-refractivity contribution in [1.29, 1.82) is 0 Å². The summed E-state index contributed by atoms with van der Waals surface area (Å²) in [4.78, 5) is 4.43. The first-order valence-electron chi connectivity index (χ1n) is 7.14. The summed E-state index contributed by atoms with van der Waals surface area (Å²) in [5, 5.41) is 4.50. The molecule has 3 rings (SSSR count). The van der Waals surface area contributed by atoms with Crippen LogP contribution in [0, 0.1) is 5.82 Å². The third kappa shape index (κ3) is 2.72. The molecule has 1 N–H and O–H groups in total. The summed E-state index contributed by atoms with van der Waals surface area (Å²) in [6.45, 7) is 2.04. The van der Waals surface area contributed by atoms with Crippen molar-refractivity contribution >= 4 is 16.6 Å². The Labute approximate surface area is 123 Å². The highest BCUT2D eigenvalue weighted by Crippen LogP contribution is 2.28. The topological polar surface area (TPSA) is 24.9 Å². The Morgan fingerprint density at radius 2 is 1.86 bits per heavy atom. The molecule has 1 unspecified atom stereocenters. The monoisotopic (exact) mass is 280 g/mol. The van der Waals surface area contributed by atoms with Crippen molar-refractivity contribution in [3.8, 4) is 0 Å². The van der Waals surface area contributed by atoms with Crippen molar-refractivity contribution in [2.24, 2.45) is 0 Å².